The second kappa shape index (κ2) is 10.5. The summed E-state index contributed by atoms with van der Waals surface area (Å²) in [6.45, 7) is 2.08. The predicted octanol–water partition coefficient (Wildman–Crippen LogP) is 7.50. The van der Waals surface area contributed by atoms with Crippen LogP contribution in [-0.2, 0) is 12.5 Å². The molecule has 29 heavy (non-hydrogen) atoms. The zero-order valence-electron chi connectivity index (χ0n) is 15.6. The number of hydrogen-bond donors (Lipinski definition) is 0. The molecule has 0 saturated heterocycles. The molecule has 0 amide bonds. The van der Waals surface area contributed by atoms with Crippen LogP contribution in [0.4, 0.5) is 22.0 Å². The number of allylic oxidation sites excluding steroid dienone is 1. The van der Waals surface area contributed by atoms with Gasteiger partial charge in [-0.25, -0.2) is 13.2 Å². The number of aryl methyl sites for hydroxylation is 1. The third-order valence-electron chi connectivity index (χ3n) is 3.99. The second-order valence-electron chi connectivity index (χ2n) is 6.27. The molecule has 2 aromatic carbocycles. The lowest BCUT2D eigenvalue weighted by Crippen LogP contribution is -2.22. The highest BCUT2D eigenvalue weighted by Gasteiger charge is 2.35. The maximum atomic E-state index is 14.4. The Bertz CT molecular complexity index is 799. The summed E-state index contributed by atoms with van der Waals surface area (Å²) in [4.78, 5) is 0. The van der Waals surface area contributed by atoms with Gasteiger partial charge in [0.25, 0.3) is 6.43 Å². The van der Waals surface area contributed by atoms with Gasteiger partial charge in [-0.3, -0.25) is 0 Å². The molecule has 0 aromatic heterocycles. The van der Waals surface area contributed by atoms with Crippen LogP contribution < -0.4 is 9.47 Å². The van der Waals surface area contributed by atoms with E-state index in [4.69, 9.17) is 16.3 Å². The summed E-state index contributed by atoms with van der Waals surface area (Å²) in [5.41, 5.74) is 0.541. The Morgan fingerprint density at radius 3 is 2.38 bits per heavy atom. The molecule has 0 N–H and O–H groups in total. The molecule has 2 nitrogen and oxygen atoms in total. The average Bonchev–Trinajstić information content (AvgIpc) is 2.64. The fourth-order valence-electron chi connectivity index (χ4n) is 2.53. The van der Waals surface area contributed by atoms with Crippen LogP contribution in [0.25, 0.3) is 0 Å². The molecular formula is C21H20ClF5O2. The normalized spacial score (nSPS) is 12.0. The van der Waals surface area contributed by atoms with Crippen LogP contribution >= 0.6 is 11.6 Å². The Hall–Kier alpha value is -2.28. The molecule has 0 heterocycles. The van der Waals surface area contributed by atoms with E-state index >= 15 is 0 Å². The van der Waals surface area contributed by atoms with E-state index in [9.17, 15) is 22.0 Å². The van der Waals surface area contributed by atoms with Crippen molar-refractivity contribution >= 4 is 11.6 Å². The first-order chi connectivity index (χ1) is 13.7. The molecular weight excluding hydrogens is 415 g/mol. The van der Waals surface area contributed by atoms with Gasteiger partial charge in [0.1, 0.15) is 5.75 Å². The summed E-state index contributed by atoms with van der Waals surface area (Å²) in [6, 6.07) is 7.27. The second-order valence-corrected chi connectivity index (χ2v) is 6.68. The summed E-state index contributed by atoms with van der Waals surface area (Å²) in [5.74, 6) is -2.24. The molecule has 0 atom stereocenters. The lowest BCUT2D eigenvalue weighted by atomic mass is 10.1. The van der Waals surface area contributed by atoms with Gasteiger partial charge >= 0.3 is 6.11 Å². The third kappa shape index (κ3) is 6.92. The fraction of sp³-hybridized carbons (Fsp3) is 0.333. The topological polar surface area (TPSA) is 18.5 Å². The van der Waals surface area contributed by atoms with Crippen molar-refractivity contribution in [3.8, 4) is 11.5 Å². The van der Waals surface area contributed by atoms with Gasteiger partial charge in [0, 0.05) is 18.2 Å². The Morgan fingerprint density at radius 2 is 1.79 bits per heavy atom. The standard InChI is InChI=1S/C21H20ClF5O2/c1-2-3-4-5-14-6-8-15(9-7-14)21(26,27)29-16-12-17(22)20(18(23)13-16)28-11-10-19(24)25/h6-13,19H,2-5H2,1H3. The number of unbranched alkanes of at least 4 members (excludes halogenated alkanes) is 2. The minimum atomic E-state index is -3.73. The Kier molecular flexibility index (Phi) is 8.32. The lowest BCUT2D eigenvalue weighted by molar-refractivity contribution is -0.185. The number of benzene rings is 2. The fourth-order valence-corrected chi connectivity index (χ4v) is 2.77. The lowest BCUT2D eigenvalue weighted by Gasteiger charge is -2.19. The molecule has 2 aromatic rings. The summed E-state index contributed by atoms with van der Waals surface area (Å²) >= 11 is 5.79. The van der Waals surface area contributed by atoms with Crippen molar-refractivity contribution in [2.75, 3.05) is 0 Å². The molecule has 0 saturated carbocycles. The summed E-state index contributed by atoms with van der Waals surface area (Å²) in [6.07, 6.45) is -1.69. The molecule has 0 spiro atoms. The average molecular weight is 435 g/mol. The van der Waals surface area contributed by atoms with E-state index in [1.54, 1.807) is 12.1 Å². The smallest absolute Gasteiger partial charge is 0.426 e. The predicted molar refractivity (Wildman–Crippen MR) is 101 cm³/mol. The van der Waals surface area contributed by atoms with Crippen molar-refractivity contribution in [2.24, 2.45) is 0 Å². The Balaban J connectivity index is 2.11. The minimum absolute atomic E-state index is 0.375. The van der Waals surface area contributed by atoms with Crippen LogP contribution in [0.15, 0.2) is 48.7 Å². The molecule has 0 aliphatic rings. The maximum absolute atomic E-state index is 14.4. The molecule has 0 fully saturated rings. The van der Waals surface area contributed by atoms with Gasteiger partial charge in [-0.15, -0.1) is 0 Å². The first kappa shape index (κ1) is 23.0. The van der Waals surface area contributed by atoms with Gasteiger partial charge in [-0.1, -0.05) is 43.5 Å². The van der Waals surface area contributed by atoms with Crippen molar-refractivity contribution in [3.05, 3.63) is 70.7 Å². The van der Waals surface area contributed by atoms with Crippen LogP contribution in [0.2, 0.25) is 5.02 Å². The molecule has 0 aliphatic carbocycles. The molecule has 0 radical (unpaired) electrons. The van der Waals surface area contributed by atoms with Gasteiger partial charge in [0.15, 0.2) is 11.6 Å². The summed E-state index contributed by atoms with van der Waals surface area (Å²) < 4.78 is 76.3. The third-order valence-corrected chi connectivity index (χ3v) is 4.27. The van der Waals surface area contributed by atoms with E-state index < -0.39 is 40.4 Å². The number of rotatable bonds is 10. The first-order valence-corrected chi connectivity index (χ1v) is 9.37. The van der Waals surface area contributed by atoms with Crippen LogP contribution in [0, 0.1) is 5.82 Å². The van der Waals surface area contributed by atoms with Gasteiger partial charge in [-0.05, 0) is 30.5 Å². The highest BCUT2D eigenvalue weighted by Crippen LogP contribution is 2.37. The van der Waals surface area contributed by atoms with Gasteiger partial charge in [0.05, 0.1) is 16.8 Å². The largest absolute Gasteiger partial charge is 0.460 e. The van der Waals surface area contributed by atoms with Gasteiger partial charge in [0.2, 0.25) is 0 Å². The quantitative estimate of drug-likeness (QED) is 0.219. The van der Waals surface area contributed by atoms with Gasteiger partial charge in [-0.2, -0.15) is 8.78 Å². The Labute approximate surface area is 170 Å². The number of halogens is 6. The number of hydrogen-bond acceptors (Lipinski definition) is 2. The highest BCUT2D eigenvalue weighted by atomic mass is 35.5. The van der Waals surface area contributed by atoms with Crippen molar-refractivity contribution in [1.29, 1.82) is 0 Å². The molecule has 0 unspecified atom stereocenters. The highest BCUT2D eigenvalue weighted by molar-refractivity contribution is 6.32. The van der Waals surface area contributed by atoms with E-state index in [-0.39, 0.29) is 0 Å². The van der Waals surface area contributed by atoms with Crippen LogP contribution in [-0.4, -0.2) is 6.43 Å². The van der Waals surface area contributed by atoms with E-state index in [0.717, 1.165) is 37.3 Å². The van der Waals surface area contributed by atoms with Gasteiger partial charge < -0.3 is 9.47 Å². The minimum Gasteiger partial charge on any atom is -0.460 e. The first-order valence-electron chi connectivity index (χ1n) is 8.99. The Morgan fingerprint density at radius 1 is 1.10 bits per heavy atom. The van der Waals surface area contributed by atoms with E-state index in [2.05, 4.69) is 11.7 Å². The van der Waals surface area contributed by atoms with Crippen LogP contribution in [0.1, 0.15) is 37.3 Å². The van der Waals surface area contributed by atoms with Crippen molar-refractivity contribution in [2.45, 2.75) is 45.1 Å². The molecule has 0 aliphatic heterocycles. The van der Waals surface area contributed by atoms with E-state index in [0.29, 0.717) is 18.4 Å². The summed E-state index contributed by atoms with van der Waals surface area (Å²) in [5, 5.41) is -0.402. The zero-order chi connectivity index (χ0) is 21.4. The van der Waals surface area contributed by atoms with Crippen molar-refractivity contribution < 1.29 is 31.4 Å². The van der Waals surface area contributed by atoms with Crippen molar-refractivity contribution in [1.82, 2.24) is 0 Å². The van der Waals surface area contributed by atoms with Crippen molar-refractivity contribution in [3.63, 3.8) is 0 Å². The molecule has 158 valence electrons. The van der Waals surface area contributed by atoms with Crippen LogP contribution in [0.3, 0.4) is 0 Å². The monoisotopic (exact) mass is 434 g/mol. The number of alkyl halides is 4. The SMILES string of the molecule is CCCCCc1ccc(C(F)(F)Oc2cc(F)c(OC=CC(F)F)c(Cl)c2)cc1. The van der Waals surface area contributed by atoms with E-state index in [1.165, 1.54) is 12.1 Å². The molecule has 2 rings (SSSR count). The maximum Gasteiger partial charge on any atom is 0.426 e. The molecule has 0 bridgehead atoms. The zero-order valence-corrected chi connectivity index (χ0v) is 16.4. The van der Waals surface area contributed by atoms with E-state index in [1.807, 2.05) is 0 Å². The van der Waals surface area contributed by atoms with Crippen LogP contribution in [0.5, 0.6) is 11.5 Å². The number of ether oxygens (including phenoxy) is 2. The summed E-state index contributed by atoms with van der Waals surface area (Å²) in [7, 11) is 0. The molecule has 8 heteroatoms.